The van der Waals surface area contributed by atoms with E-state index in [0.29, 0.717) is 5.75 Å². The number of hydrogen-bond acceptors (Lipinski definition) is 1. The molecule has 0 spiro atoms. The third-order valence-electron chi connectivity index (χ3n) is 3.31. The van der Waals surface area contributed by atoms with Gasteiger partial charge in [-0.3, -0.25) is 0 Å². The maximum absolute atomic E-state index is 12.3. The Morgan fingerprint density at radius 2 is 1.75 bits per heavy atom. The predicted octanol–water partition coefficient (Wildman–Crippen LogP) is 4.37. The van der Waals surface area contributed by atoms with Crippen LogP contribution in [-0.2, 0) is 5.41 Å². The highest BCUT2D eigenvalue weighted by molar-refractivity contribution is 5.39. The molecule has 0 unspecified atom stereocenters. The lowest BCUT2D eigenvalue weighted by Crippen LogP contribution is -2.21. The highest BCUT2D eigenvalue weighted by atomic mass is 19.3. The minimum absolute atomic E-state index is 0.106. The summed E-state index contributed by atoms with van der Waals surface area (Å²) in [6, 6.07) is 7.04. The molecule has 0 aromatic heterocycles. The van der Waals surface area contributed by atoms with E-state index < -0.39 is 6.61 Å². The number of benzene rings is 1. The molecule has 16 heavy (non-hydrogen) atoms. The standard InChI is InChI=1S/C13H18F2O/c1-4-13(3,5-2)10-8-6-7-9-11(10)16-12(14)15/h6-9,12H,4-5H2,1-3H3. The second-order valence-corrected chi connectivity index (χ2v) is 4.14. The Labute approximate surface area is 95.4 Å². The molecule has 0 aliphatic heterocycles. The second-order valence-electron chi connectivity index (χ2n) is 4.14. The van der Waals surface area contributed by atoms with Crippen LogP contribution in [0.1, 0.15) is 39.2 Å². The SMILES string of the molecule is CCC(C)(CC)c1ccccc1OC(F)F. The Bertz CT molecular complexity index is 332. The average Bonchev–Trinajstić information content (AvgIpc) is 2.28. The zero-order valence-electron chi connectivity index (χ0n) is 9.97. The van der Waals surface area contributed by atoms with Crippen LogP contribution in [0.3, 0.4) is 0 Å². The zero-order valence-corrected chi connectivity index (χ0v) is 9.97. The molecule has 1 nitrogen and oxygen atoms in total. The highest BCUT2D eigenvalue weighted by Crippen LogP contribution is 2.37. The number of ether oxygens (including phenoxy) is 1. The lowest BCUT2D eigenvalue weighted by molar-refractivity contribution is -0.0510. The molecular formula is C13H18F2O. The average molecular weight is 228 g/mol. The summed E-state index contributed by atoms with van der Waals surface area (Å²) >= 11 is 0. The summed E-state index contributed by atoms with van der Waals surface area (Å²) in [7, 11) is 0. The Morgan fingerprint density at radius 1 is 1.19 bits per heavy atom. The van der Waals surface area contributed by atoms with Crippen molar-refractivity contribution in [3.63, 3.8) is 0 Å². The topological polar surface area (TPSA) is 9.23 Å². The van der Waals surface area contributed by atoms with Crippen LogP contribution in [0.4, 0.5) is 8.78 Å². The van der Waals surface area contributed by atoms with Crippen LogP contribution in [-0.4, -0.2) is 6.61 Å². The lowest BCUT2D eigenvalue weighted by atomic mass is 9.77. The van der Waals surface area contributed by atoms with E-state index in [1.165, 1.54) is 0 Å². The molecular weight excluding hydrogens is 210 g/mol. The summed E-state index contributed by atoms with van der Waals surface area (Å²) < 4.78 is 29.1. The first-order valence-electron chi connectivity index (χ1n) is 5.57. The van der Waals surface area contributed by atoms with Crippen molar-refractivity contribution in [3.05, 3.63) is 29.8 Å². The molecule has 0 heterocycles. The molecule has 0 aliphatic carbocycles. The van der Waals surface area contributed by atoms with Crippen LogP contribution >= 0.6 is 0 Å². The van der Waals surface area contributed by atoms with E-state index in [1.54, 1.807) is 12.1 Å². The maximum Gasteiger partial charge on any atom is 0.387 e. The second kappa shape index (κ2) is 5.28. The fourth-order valence-electron chi connectivity index (χ4n) is 1.79. The summed E-state index contributed by atoms with van der Waals surface area (Å²) in [4.78, 5) is 0. The van der Waals surface area contributed by atoms with Crippen molar-refractivity contribution in [1.82, 2.24) is 0 Å². The van der Waals surface area contributed by atoms with Crippen LogP contribution in [0.2, 0.25) is 0 Å². The first kappa shape index (κ1) is 12.9. The molecule has 0 saturated heterocycles. The van der Waals surface area contributed by atoms with Gasteiger partial charge in [-0.1, -0.05) is 39.0 Å². The largest absolute Gasteiger partial charge is 0.435 e. The van der Waals surface area contributed by atoms with Crippen molar-refractivity contribution < 1.29 is 13.5 Å². The van der Waals surface area contributed by atoms with Gasteiger partial charge in [0.25, 0.3) is 0 Å². The quantitative estimate of drug-likeness (QED) is 0.727. The van der Waals surface area contributed by atoms with Crippen molar-refractivity contribution in [1.29, 1.82) is 0 Å². The predicted molar refractivity (Wildman–Crippen MR) is 61.0 cm³/mol. The van der Waals surface area contributed by atoms with E-state index in [4.69, 9.17) is 0 Å². The summed E-state index contributed by atoms with van der Waals surface area (Å²) in [6.07, 6.45) is 1.79. The van der Waals surface area contributed by atoms with Gasteiger partial charge in [-0.2, -0.15) is 8.78 Å². The number of rotatable bonds is 5. The van der Waals surface area contributed by atoms with Gasteiger partial charge in [0.2, 0.25) is 0 Å². The number of alkyl halides is 2. The number of para-hydroxylation sites is 1. The van der Waals surface area contributed by atoms with Gasteiger partial charge in [0, 0.05) is 5.56 Å². The van der Waals surface area contributed by atoms with E-state index in [9.17, 15) is 8.78 Å². The van der Waals surface area contributed by atoms with Crippen LogP contribution in [0.15, 0.2) is 24.3 Å². The Balaban J connectivity index is 3.11. The van der Waals surface area contributed by atoms with Crippen LogP contribution in [0.5, 0.6) is 5.75 Å². The maximum atomic E-state index is 12.3. The number of halogens is 2. The third-order valence-corrected chi connectivity index (χ3v) is 3.31. The highest BCUT2D eigenvalue weighted by Gasteiger charge is 2.26. The number of hydrogen-bond donors (Lipinski definition) is 0. The molecule has 0 radical (unpaired) electrons. The normalized spacial score (nSPS) is 11.9. The molecule has 0 aliphatic rings. The van der Waals surface area contributed by atoms with E-state index in [0.717, 1.165) is 18.4 Å². The van der Waals surface area contributed by atoms with Crippen LogP contribution in [0, 0.1) is 0 Å². The fourth-order valence-corrected chi connectivity index (χ4v) is 1.79. The van der Waals surface area contributed by atoms with Crippen LogP contribution < -0.4 is 4.74 Å². The van der Waals surface area contributed by atoms with Crippen LogP contribution in [0.25, 0.3) is 0 Å². The van der Waals surface area contributed by atoms with Crippen molar-refractivity contribution in [2.75, 3.05) is 0 Å². The Kier molecular flexibility index (Phi) is 4.27. The van der Waals surface area contributed by atoms with Crippen molar-refractivity contribution in [2.45, 2.75) is 45.6 Å². The summed E-state index contributed by atoms with van der Waals surface area (Å²) in [5.41, 5.74) is 0.756. The molecule has 1 rings (SSSR count). The zero-order chi connectivity index (χ0) is 12.2. The first-order valence-corrected chi connectivity index (χ1v) is 5.57. The minimum Gasteiger partial charge on any atom is -0.435 e. The molecule has 90 valence electrons. The van der Waals surface area contributed by atoms with Gasteiger partial charge < -0.3 is 4.74 Å². The van der Waals surface area contributed by atoms with Crippen molar-refractivity contribution in [3.8, 4) is 5.75 Å². The molecule has 0 N–H and O–H groups in total. The van der Waals surface area contributed by atoms with Gasteiger partial charge in [0.05, 0.1) is 0 Å². The van der Waals surface area contributed by atoms with Gasteiger partial charge in [0.15, 0.2) is 0 Å². The van der Waals surface area contributed by atoms with Gasteiger partial charge in [-0.25, -0.2) is 0 Å². The van der Waals surface area contributed by atoms with E-state index >= 15 is 0 Å². The third kappa shape index (κ3) is 2.71. The molecule has 3 heteroatoms. The van der Waals surface area contributed by atoms with Gasteiger partial charge in [-0.15, -0.1) is 0 Å². The summed E-state index contributed by atoms with van der Waals surface area (Å²) in [5.74, 6) is 0.295. The molecule has 1 aromatic rings. The molecule has 0 amide bonds. The first-order chi connectivity index (χ1) is 7.53. The smallest absolute Gasteiger partial charge is 0.387 e. The molecule has 0 atom stereocenters. The van der Waals surface area contributed by atoms with Gasteiger partial charge in [-0.05, 0) is 24.3 Å². The van der Waals surface area contributed by atoms with Crippen molar-refractivity contribution in [2.24, 2.45) is 0 Å². The summed E-state index contributed by atoms with van der Waals surface area (Å²) in [6.45, 7) is 3.42. The lowest BCUT2D eigenvalue weighted by Gasteiger charge is -2.29. The van der Waals surface area contributed by atoms with Gasteiger partial charge in [0.1, 0.15) is 5.75 Å². The Hall–Kier alpha value is -1.12. The molecule has 1 aromatic carbocycles. The summed E-state index contributed by atoms with van der Waals surface area (Å²) in [5, 5.41) is 0. The molecule has 0 saturated carbocycles. The van der Waals surface area contributed by atoms with E-state index in [-0.39, 0.29) is 5.41 Å². The molecule has 0 fully saturated rings. The fraction of sp³-hybridized carbons (Fsp3) is 0.538. The molecule has 0 bridgehead atoms. The van der Waals surface area contributed by atoms with Gasteiger partial charge >= 0.3 is 6.61 Å². The van der Waals surface area contributed by atoms with Crippen molar-refractivity contribution >= 4 is 0 Å². The van der Waals surface area contributed by atoms with E-state index in [2.05, 4.69) is 25.5 Å². The minimum atomic E-state index is -2.76. The monoisotopic (exact) mass is 228 g/mol. The van der Waals surface area contributed by atoms with E-state index in [1.807, 2.05) is 12.1 Å². The Morgan fingerprint density at radius 3 is 2.25 bits per heavy atom.